The van der Waals surface area contributed by atoms with Crippen molar-refractivity contribution in [1.29, 1.82) is 0 Å². The summed E-state index contributed by atoms with van der Waals surface area (Å²) in [5.41, 5.74) is 0.000315. The molecule has 0 radical (unpaired) electrons. The second kappa shape index (κ2) is 6.34. The van der Waals surface area contributed by atoms with Gasteiger partial charge < -0.3 is 14.6 Å². The molecule has 1 aliphatic carbocycles. The Bertz CT molecular complexity index is 868. The molecule has 1 unspecified atom stereocenters. The van der Waals surface area contributed by atoms with Crippen molar-refractivity contribution in [3.8, 4) is 0 Å². The average molecular weight is 368 g/mol. The number of aromatic nitrogens is 1. The molecule has 0 saturated heterocycles. The van der Waals surface area contributed by atoms with Crippen molar-refractivity contribution in [1.82, 2.24) is 9.47 Å². The number of aliphatic carboxylic acids is 1. The normalized spacial score (nSPS) is 15.9. The van der Waals surface area contributed by atoms with Gasteiger partial charge in [-0.1, -0.05) is 6.92 Å². The third-order valence-electron chi connectivity index (χ3n) is 4.73. The molecule has 1 fully saturated rings. The van der Waals surface area contributed by atoms with Gasteiger partial charge in [0.05, 0.1) is 11.5 Å². The summed E-state index contributed by atoms with van der Waals surface area (Å²) in [5, 5.41) is 9.44. The first kappa shape index (κ1) is 18.3. The summed E-state index contributed by atoms with van der Waals surface area (Å²) >= 11 is 0. The van der Waals surface area contributed by atoms with E-state index in [1.165, 1.54) is 24.0 Å². The summed E-state index contributed by atoms with van der Waals surface area (Å²) in [6, 6.07) is 4.78. The topological polar surface area (TPSA) is 62.5 Å². The number of carbonyl (C=O) groups is 2. The van der Waals surface area contributed by atoms with E-state index in [0.717, 1.165) is 25.0 Å². The maximum atomic E-state index is 12.9. The summed E-state index contributed by atoms with van der Waals surface area (Å²) in [7, 11) is 1.62. The molecule has 0 bridgehead atoms. The number of hydrogen-bond acceptors (Lipinski definition) is 2. The van der Waals surface area contributed by atoms with Gasteiger partial charge in [-0.25, -0.2) is 0 Å². The molecule has 140 valence electrons. The Balaban J connectivity index is 1.96. The lowest BCUT2D eigenvalue weighted by Gasteiger charge is -2.24. The monoisotopic (exact) mass is 368 g/mol. The molecule has 1 N–H and O–H groups in total. The van der Waals surface area contributed by atoms with Gasteiger partial charge in [0.1, 0.15) is 5.69 Å². The van der Waals surface area contributed by atoms with Gasteiger partial charge in [-0.15, -0.1) is 0 Å². The Kier molecular flexibility index (Phi) is 4.46. The molecule has 2 aromatic rings. The van der Waals surface area contributed by atoms with Crippen molar-refractivity contribution in [3.05, 3.63) is 35.5 Å². The molecule has 0 spiro atoms. The Labute approximate surface area is 148 Å². The van der Waals surface area contributed by atoms with E-state index in [9.17, 15) is 22.8 Å². The Morgan fingerprint density at radius 2 is 1.96 bits per heavy atom. The van der Waals surface area contributed by atoms with Crippen LogP contribution in [0, 0.1) is 5.92 Å². The van der Waals surface area contributed by atoms with E-state index in [4.69, 9.17) is 5.11 Å². The van der Waals surface area contributed by atoms with Crippen LogP contribution < -0.4 is 0 Å². The van der Waals surface area contributed by atoms with E-state index in [1.807, 2.05) is 0 Å². The number of nitrogens with zero attached hydrogens (tertiary/aromatic N) is 2. The van der Waals surface area contributed by atoms with Gasteiger partial charge in [0.2, 0.25) is 0 Å². The van der Waals surface area contributed by atoms with Gasteiger partial charge in [0.15, 0.2) is 0 Å². The summed E-state index contributed by atoms with van der Waals surface area (Å²) in [6.07, 6.45) is -2.84. The van der Waals surface area contributed by atoms with Crippen molar-refractivity contribution in [2.75, 3.05) is 6.54 Å². The fourth-order valence-electron chi connectivity index (χ4n) is 3.04. The standard InChI is InChI=1S/C18H19F3N2O3/c1-10(17(25)26)9-23(13-4-5-13)16(24)15-8-11-7-12(18(19,20)21)3-6-14(11)22(15)2/h3,6-8,10,13H,4-5,9H2,1-2H3,(H,25,26). The summed E-state index contributed by atoms with van der Waals surface area (Å²) < 4.78 is 40.3. The van der Waals surface area contributed by atoms with Gasteiger partial charge in [0, 0.05) is 30.5 Å². The molecule has 8 heteroatoms. The predicted octanol–water partition coefficient (Wildman–Crippen LogP) is 3.52. The zero-order chi connectivity index (χ0) is 19.2. The number of carboxylic acids is 1. The number of carbonyl (C=O) groups excluding carboxylic acids is 1. The third kappa shape index (κ3) is 3.40. The van der Waals surface area contributed by atoms with Crippen molar-refractivity contribution >= 4 is 22.8 Å². The molecule has 1 aromatic carbocycles. The molecule has 1 aromatic heterocycles. The molecular weight excluding hydrogens is 349 g/mol. The maximum Gasteiger partial charge on any atom is 0.416 e. The SMILES string of the molecule is CC(CN(C(=O)c1cc2cc(C(F)(F)F)ccc2n1C)C1CC1)C(=O)O. The molecule has 1 heterocycles. The van der Waals surface area contributed by atoms with Crippen LogP contribution in [0.3, 0.4) is 0 Å². The minimum atomic E-state index is -4.45. The molecule has 1 saturated carbocycles. The first-order valence-electron chi connectivity index (χ1n) is 8.30. The quantitative estimate of drug-likeness (QED) is 0.878. The van der Waals surface area contributed by atoms with Crippen LogP contribution >= 0.6 is 0 Å². The first-order chi connectivity index (χ1) is 12.1. The van der Waals surface area contributed by atoms with Crippen LogP contribution in [0.4, 0.5) is 13.2 Å². The lowest BCUT2D eigenvalue weighted by atomic mass is 10.1. The van der Waals surface area contributed by atoms with Gasteiger partial charge >= 0.3 is 12.1 Å². The zero-order valence-corrected chi connectivity index (χ0v) is 14.4. The van der Waals surface area contributed by atoms with E-state index in [2.05, 4.69) is 0 Å². The van der Waals surface area contributed by atoms with Crippen LogP contribution in [-0.2, 0) is 18.0 Å². The number of fused-ring (bicyclic) bond motifs is 1. The number of hydrogen-bond donors (Lipinski definition) is 1. The minimum Gasteiger partial charge on any atom is -0.481 e. The van der Waals surface area contributed by atoms with Gasteiger partial charge in [-0.2, -0.15) is 13.2 Å². The summed E-state index contributed by atoms with van der Waals surface area (Å²) in [5.74, 6) is -2.06. The fraction of sp³-hybridized carbons (Fsp3) is 0.444. The maximum absolute atomic E-state index is 12.9. The Morgan fingerprint density at radius 3 is 2.50 bits per heavy atom. The van der Waals surface area contributed by atoms with Crippen molar-refractivity contribution in [2.45, 2.75) is 32.0 Å². The number of alkyl halides is 3. The number of aryl methyl sites for hydroxylation is 1. The van der Waals surface area contributed by atoms with E-state index in [0.29, 0.717) is 10.9 Å². The highest BCUT2D eigenvalue weighted by Crippen LogP contribution is 2.33. The van der Waals surface area contributed by atoms with Gasteiger partial charge in [-0.05, 0) is 37.1 Å². The largest absolute Gasteiger partial charge is 0.481 e. The van der Waals surface area contributed by atoms with Crippen LogP contribution in [0.15, 0.2) is 24.3 Å². The van der Waals surface area contributed by atoms with E-state index < -0.39 is 23.6 Å². The van der Waals surface area contributed by atoms with Crippen LogP contribution in [0.25, 0.3) is 10.9 Å². The lowest BCUT2D eigenvalue weighted by molar-refractivity contribution is -0.141. The number of rotatable bonds is 5. The second-order valence-corrected chi connectivity index (χ2v) is 6.79. The summed E-state index contributed by atoms with van der Waals surface area (Å²) in [6.45, 7) is 1.61. The van der Waals surface area contributed by atoms with Crippen molar-refractivity contribution in [2.24, 2.45) is 13.0 Å². The van der Waals surface area contributed by atoms with Crippen molar-refractivity contribution < 1.29 is 27.9 Å². The predicted molar refractivity (Wildman–Crippen MR) is 88.8 cm³/mol. The molecule has 26 heavy (non-hydrogen) atoms. The smallest absolute Gasteiger partial charge is 0.416 e. The molecular formula is C18H19F3N2O3. The number of halogens is 3. The number of carboxylic acid groups (broad SMARTS) is 1. The zero-order valence-electron chi connectivity index (χ0n) is 14.4. The fourth-order valence-corrected chi connectivity index (χ4v) is 3.04. The van der Waals surface area contributed by atoms with E-state index >= 15 is 0 Å². The second-order valence-electron chi connectivity index (χ2n) is 6.79. The Morgan fingerprint density at radius 1 is 1.31 bits per heavy atom. The van der Waals surface area contributed by atoms with Crippen LogP contribution in [0.5, 0.6) is 0 Å². The molecule has 0 aliphatic heterocycles. The minimum absolute atomic E-state index is 0.00644. The highest BCUT2D eigenvalue weighted by atomic mass is 19.4. The molecule has 5 nitrogen and oxygen atoms in total. The summed E-state index contributed by atoms with van der Waals surface area (Å²) in [4.78, 5) is 25.6. The Hall–Kier alpha value is -2.51. The van der Waals surface area contributed by atoms with Gasteiger partial charge in [0.25, 0.3) is 5.91 Å². The highest BCUT2D eigenvalue weighted by molar-refractivity contribution is 5.99. The third-order valence-corrected chi connectivity index (χ3v) is 4.73. The van der Waals surface area contributed by atoms with Crippen LogP contribution in [-0.4, -0.2) is 39.0 Å². The van der Waals surface area contributed by atoms with Gasteiger partial charge in [-0.3, -0.25) is 9.59 Å². The highest BCUT2D eigenvalue weighted by Gasteiger charge is 2.36. The molecule has 1 aliphatic rings. The van der Waals surface area contributed by atoms with E-state index in [1.54, 1.807) is 11.6 Å². The number of amides is 1. The molecule has 1 amide bonds. The number of benzene rings is 1. The average Bonchev–Trinajstić information content (AvgIpc) is 3.34. The molecule has 3 rings (SSSR count). The van der Waals surface area contributed by atoms with Crippen LogP contribution in [0.2, 0.25) is 0 Å². The van der Waals surface area contributed by atoms with Crippen molar-refractivity contribution in [3.63, 3.8) is 0 Å². The lowest BCUT2D eigenvalue weighted by Crippen LogP contribution is -2.39. The molecule has 1 atom stereocenters. The first-order valence-corrected chi connectivity index (χ1v) is 8.30. The van der Waals surface area contributed by atoms with E-state index in [-0.39, 0.29) is 24.2 Å². The van der Waals surface area contributed by atoms with Crippen LogP contribution in [0.1, 0.15) is 35.8 Å².